The molecule has 0 aliphatic rings. The van der Waals surface area contributed by atoms with Crippen LogP contribution in [0, 0.1) is 0 Å². The highest BCUT2D eigenvalue weighted by Crippen LogP contribution is 2.30. The first-order valence-electron chi connectivity index (χ1n) is 12.6. The number of rotatable bonds is 12. The van der Waals surface area contributed by atoms with Crippen molar-refractivity contribution in [3.63, 3.8) is 0 Å². The van der Waals surface area contributed by atoms with E-state index < -0.39 is 42.2 Å². The van der Waals surface area contributed by atoms with Crippen LogP contribution in [0.2, 0.25) is 0 Å². The number of nitrogens with one attached hydrogen (secondary N) is 2. The zero-order valence-electron chi connectivity index (χ0n) is 22.1. The van der Waals surface area contributed by atoms with Crippen LogP contribution in [0.4, 0.5) is 4.79 Å². The van der Waals surface area contributed by atoms with E-state index in [0.717, 1.165) is 18.4 Å². The molecule has 0 bridgehead atoms. The summed E-state index contributed by atoms with van der Waals surface area (Å²) in [4.78, 5) is 41.0. The number of aliphatic hydroxyl groups excluding tert-OH is 1. The molecule has 0 saturated heterocycles. The van der Waals surface area contributed by atoms with E-state index in [4.69, 9.17) is 4.74 Å². The first-order valence-corrected chi connectivity index (χ1v) is 12.6. The number of hydrogen-bond donors (Lipinski definition) is 4. The number of hydrogen-bond acceptors (Lipinski definition) is 6. The first-order chi connectivity index (χ1) is 17.6. The van der Waals surface area contributed by atoms with Gasteiger partial charge in [-0.1, -0.05) is 68.3 Å². The topological polar surface area (TPSA) is 128 Å². The predicted molar refractivity (Wildman–Crippen MR) is 141 cm³/mol. The number of phenols is 1. The Bertz CT molecular complexity index is 1020. The van der Waals surface area contributed by atoms with Crippen molar-refractivity contribution in [3.8, 4) is 5.75 Å². The van der Waals surface area contributed by atoms with Crippen LogP contribution >= 0.6 is 0 Å². The number of ether oxygens (including phenoxy) is 1. The summed E-state index contributed by atoms with van der Waals surface area (Å²) in [6, 6.07) is 13.1. The molecule has 2 aromatic carbocycles. The van der Waals surface area contributed by atoms with Gasteiger partial charge in [0.05, 0.1) is 6.61 Å². The maximum Gasteiger partial charge on any atom is 0.408 e. The molecule has 0 fully saturated rings. The van der Waals surface area contributed by atoms with E-state index in [1.165, 1.54) is 11.0 Å². The third kappa shape index (κ3) is 9.42. The second-order valence-electron chi connectivity index (χ2n) is 9.78. The fraction of sp³-hybridized carbons (Fsp3) is 0.464. The number of phenolic OH excluding ortho intramolecular Hbond substituents is 1. The maximum absolute atomic E-state index is 13.7. The molecule has 2 unspecified atom stereocenters. The third-order valence-electron chi connectivity index (χ3n) is 5.56. The molecule has 4 N–H and O–H groups in total. The molecule has 0 aliphatic carbocycles. The van der Waals surface area contributed by atoms with Crippen LogP contribution in [0.3, 0.4) is 0 Å². The Morgan fingerprint density at radius 3 is 2.24 bits per heavy atom. The van der Waals surface area contributed by atoms with Crippen molar-refractivity contribution in [1.29, 1.82) is 0 Å². The molecule has 9 nitrogen and oxygen atoms in total. The van der Waals surface area contributed by atoms with E-state index in [0.29, 0.717) is 6.42 Å². The Balaban J connectivity index is 2.41. The lowest BCUT2D eigenvalue weighted by Crippen LogP contribution is -2.54. The van der Waals surface area contributed by atoms with Crippen molar-refractivity contribution in [2.75, 3.05) is 13.2 Å². The van der Waals surface area contributed by atoms with E-state index in [1.807, 2.05) is 37.3 Å². The van der Waals surface area contributed by atoms with Crippen molar-refractivity contribution in [2.45, 2.75) is 71.2 Å². The summed E-state index contributed by atoms with van der Waals surface area (Å²) in [5, 5.41) is 25.9. The summed E-state index contributed by atoms with van der Waals surface area (Å²) in [5.41, 5.74) is 0.311. The predicted octanol–water partition coefficient (Wildman–Crippen LogP) is 3.65. The molecule has 0 heterocycles. The van der Waals surface area contributed by atoms with E-state index >= 15 is 0 Å². The Morgan fingerprint density at radius 2 is 1.65 bits per heavy atom. The summed E-state index contributed by atoms with van der Waals surface area (Å²) in [7, 11) is 0. The molecule has 0 saturated carbocycles. The van der Waals surface area contributed by atoms with Crippen LogP contribution in [0.1, 0.15) is 64.1 Å². The lowest BCUT2D eigenvalue weighted by molar-refractivity contribution is -0.143. The largest absolute Gasteiger partial charge is 0.508 e. The zero-order valence-corrected chi connectivity index (χ0v) is 22.1. The molecule has 0 aromatic heterocycles. The van der Waals surface area contributed by atoms with Gasteiger partial charge >= 0.3 is 6.09 Å². The van der Waals surface area contributed by atoms with Gasteiger partial charge in [-0.05, 0) is 38.8 Å². The number of carbonyl (C=O) groups is 3. The number of aromatic hydroxyl groups is 1. The molecule has 3 amide bonds. The molecular weight excluding hydrogens is 474 g/mol. The van der Waals surface area contributed by atoms with Crippen LogP contribution in [0.25, 0.3) is 0 Å². The minimum atomic E-state index is -1.34. The van der Waals surface area contributed by atoms with Gasteiger partial charge in [-0.25, -0.2) is 4.79 Å². The van der Waals surface area contributed by atoms with Crippen molar-refractivity contribution < 1.29 is 29.3 Å². The Labute approximate surface area is 218 Å². The van der Waals surface area contributed by atoms with Crippen LogP contribution in [0.5, 0.6) is 5.75 Å². The monoisotopic (exact) mass is 513 g/mol. The van der Waals surface area contributed by atoms with Gasteiger partial charge in [-0.3, -0.25) is 9.59 Å². The van der Waals surface area contributed by atoms with Gasteiger partial charge in [0.25, 0.3) is 0 Å². The second kappa shape index (κ2) is 14.2. The van der Waals surface area contributed by atoms with Gasteiger partial charge in [0.15, 0.2) is 0 Å². The number of amides is 3. The molecule has 0 aliphatic heterocycles. The summed E-state index contributed by atoms with van der Waals surface area (Å²) < 4.78 is 5.25. The molecule has 2 rings (SSSR count). The van der Waals surface area contributed by atoms with E-state index in [-0.39, 0.29) is 24.4 Å². The van der Waals surface area contributed by atoms with Crippen LogP contribution in [-0.4, -0.2) is 57.8 Å². The summed E-state index contributed by atoms with van der Waals surface area (Å²) >= 11 is 0. The van der Waals surface area contributed by atoms with Crippen molar-refractivity contribution >= 4 is 17.9 Å². The van der Waals surface area contributed by atoms with Gasteiger partial charge in [0, 0.05) is 18.7 Å². The minimum absolute atomic E-state index is 0.142. The van der Waals surface area contributed by atoms with Gasteiger partial charge < -0.3 is 30.5 Å². The summed E-state index contributed by atoms with van der Waals surface area (Å²) in [6.45, 7) is 6.78. The summed E-state index contributed by atoms with van der Waals surface area (Å²) in [6.07, 6.45) is 1.40. The van der Waals surface area contributed by atoms with E-state index in [9.17, 15) is 24.6 Å². The smallest absolute Gasteiger partial charge is 0.408 e. The first kappa shape index (κ1) is 29.6. The van der Waals surface area contributed by atoms with Crippen LogP contribution < -0.4 is 10.6 Å². The normalized spacial score (nSPS) is 12.8. The molecule has 0 spiro atoms. The highest BCUT2D eigenvalue weighted by atomic mass is 16.6. The van der Waals surface area contributed by atoms with Crippen LogP contribution in [0.15, 0.2) is 54.6 Å². The Hall–Kier alpha value is -3.59. The lowest BCUT2D eigenvalue weighted by Gasteiger charge is -2.34. The van der Waals surface area contributed by atoms with Crippen LogP contribution in [-0.2, 0) is 20.9 Å². The van der Waals surface area contributed by atoms with Gasteiger partial charge in [0.2, 0.25) is 11.8 Å². The molecule has 202 valence electrons. The molecule has 37 heavy (non-hydrogen) atoms. The van der Waals surface area contributed by atoms with Gasteiger partial charge in [0.1, 0.15) is 23.4 Å². The molecule has 2 atom stereocenters. The Kier molecular flexibility index (Phi) is 11.4. The van der Waals surface area contributed by atoms with E-state index in [1.54, 1.807) is 39.0 Å². The summed E-state index contributed by atoms with van der Waals surface area (Å²) in [5.74, 6) is -1.30. The SMILES string of the molecule is CCCCCN(C(=O)C(CO)NC(=O)OC(C)(C)C)C(C(=O)NCc1ccccc1)c1ccccc1O. The number of unbranched alkanes of at least 4 members (excludes halogenated alkanes) is 2. The average molecular weight is 514 g/mol. The maximum atomic E-state index is 13.7. The number of carbonyl (C=O) groups excluding carboxylic acids is 3. The fourth-order valence-electron chi connectivity index (χ4n) is 3.79. The van der Waals surface area contributed by atoms with Crippen molar-refractivity contribution in [3.05, 3.63) is 65.7 Å². The quantitative estimate of drug-likeness (QED) is 0.321. The number of benzene rings is 2. The lowest BCUT2D eigenvalue weighted by atomic mass is 10.0. The third-order valence-corrected chi connectivity index (χ3v) is 5.56. The number of alkyl carbamates (subject to hydrolysis) is 1. The standard InChI is InChI=1S/C28H39N3O6/c1-5-6-12-17-31(26(35)22(19-32)30-27(36)37-28(2,3)4)24(21-15-10-11-16-23(21)33)25(34)29-18-20-13-8-7-9-14-20/h7-11,13-16,22,24,32-33H,5-6,12,17-19H2,1-4H3,(H,29,34)(H,30,36). The second-order valence-corrected chi connectivity index (χ2v) is 9.78. The molecular formula is C28H39N3O6. The fourth-order valence-corrected chi connectivity index (χ4v) is 3.79. The minimum Gasteiger partial charge on any atom is -0.508 e. The highest BCUT2D eigenvalue weighted by Gasteiger charge is 2.37. The van der Waals surface area contributed by atoms with E-state index in [2.05, 4.69) is 10.6 Å². The molecule has 0 radical (unpaired) electrons. The highest BCUT2D eigenvalue weighted by molar-refractivity contribution is 5.92. The zero-order chi connectivity index (χ0) is 27.4. The van der Waals surface area contributed by atoms with Gasteiger partial charge in [-0.2, -0.15) is 0 Å². The molecule has 9 heteroatoms. The van der Waals surface area contributed by atoms with Crippen molar-refractivity contribution in [1.82, 2.24) is 15.5 Å². The number of aliphatic hydroxyl groups is 1. The van der Waals surface area contributed by atoms with Gasteiger partial charge in [-0.15, -0.1) is 0 Å². The Morgan fingerprint density at radius 1 is 1.00 bits per heavy atom. The average Bonchev–Trinajstić information content (AvgIpc) is 2.85. The number of nitrogens with zero attached hydrogens (tertiary/aromatic N) is 1. The molecule has 2 aromatic rings. The number of para-hydroxylation sites is 1. The van der Waals surface area contributed by atoms with Crippen molar-refractivity contribution in [2.24, 2.45) is 0 Å².